The molecular weight excluding hydrogens is 401 g/mol. The number of rotatable bonds is 4. The average Bonchev–Trinajstić information content (AvgIpc) is 3.24. The summed E-state index contributed by atoms with van der Waals surface area (Å²) in [5.74, 6) is 0.384. The first-order valence-electron chi connectivity index (χ1n) is 9.75. The smallest absolute Gasteiger partial charge is 0.227 e. The van der Waals surface area contributed by atoms with Gasteiger partial charge in [-0.25, -0.2) is 14.4 Å². The Morgan fingerprint density at radius 2 is 1.87 bits per heavy atom. The van der Waals surface area contributed by atoms with Crippen molar-refractivity contribution in [1.82, 2.24) is 15.0 Å². The van der Waals surface area contributed by atoms with Crippen LogP contribution < -0.4 is 10.6 Å². The van der Waals surface area contributed by atoms with Crippen molar-refractivity contribution in [3.05, 3.63) is 71.2 Å². The second kappa shape index (κ2) is 8.06. The second-order valence-electron chi connectivity index (χ2n) is 7.08. The largest absolute Gasteiger partial charge is 0.378 e. The molecule has 1 fully saturated rings. The number of benzene rings is 1. The lowest BCUT2D eigenvalue weighted by Gasteiger charge is -2.27. The molecule has 1 saturated heterocycles. The van der Waals surface area contributed by atoms with Crippen LogP contribution >= 0.6 is 11.3 Å². The maximum atomic E-state index is 13.5. The monoisotopic (exact) mass is 421 g/mol. The lowest BCUT2D eigenvalue weighted by molar-refractivity contribution is 0.122. The fraction of sp³-hybridized carbons (Fsp3) is 0.227. The summed E-state index contributed by atoms with van der Waals surface area (Å²) in [7, 11) is 0. The summed E-state index contributed by atoms with van der Waals surface area (Å²) in [5, 5.41) is 2.92. The number of hydrogen-bond acceptors (Lipinski definition) is 7. The van der Waals surface area contributed by atoms with E-state index in [2.05, 4.69) is 9.88 Å². The lowest BCUT2D eigenvalue weighted by atomic mass is 10.0. The Labute approximate surface area is 177 Å². The molecule has 8 heteroatoms. The molecule has 0 radical (unpaired) electrons. The standard InChI is InChI=1S/C22H20FN5OS/c23-15-6-4-14(5-7-15)16-13-30-21-18(16)20(19(24)17-3-1-2-8-25-17)26-22(27-21)28-9-11-29-12-10-28/h1-8,13,19H,9-12,24H2. The maximum absolute atomic E-state index is 13.5. The normalized spacial score (nSPS) is 15.5. The molecule has 2 N–H and O–H groups in total. The molecule has 1 unspecified atom stereocenters. The third-order valence-electron chi connectivity index (χ3n) is 5.20. The number of nitrogens with zero attached hydrogens (tertiary/aromatic N) is 4. The van der Waals surface area contributed by atoms with Gasteiger partial charge in [0.1, 0.15) is 10.6 Å². The Balaban J connectivity index is 1.69. The number of anilines is 1. The van der Waals surface area contributed by atoms with Crippen LogP contribution in [0.5, 0.6) is 0 Å². The molecule has 3 aromatic heterocycles. The molecule has 4 aromatic rings. The number of thiophene rings is 1. The fourth-order valence-electron chi connectivity index (χ4n) is 3.63. The highest BCUT2D eigenvalue weighted by Crippen LogP contribution is 2.38. The van der Waals surface area contributed by atoms with Gasteiger partial charge < -0.3 is 15.4 Å². The Bertz CT molecular complexity index is 1160. The first-order valence-corrected chi connectivity index (χ1v) is 10.6. The predicted molar refractivity (Wildman–Crippen MR) is 116 cm³/mol. The molecule has 0 aliphatic carbocycles. The van der Waals surface area contributed by atoms with Crippen LogP contribution in [-0.2, 0) is 4.74 Å². The van der Waals surface area contributed by atoms with Crippen LogP contribution in [0.3, 0.4) is 0 Å². The molecule has 30 heavy (non-hydrogen) atoms. The van der Waals surface area contributed by atoms with Gasteiger partial charge >= 0.3 is 0 Å². The van der Waals surface area contributed by atoms with E-state index in [1.165, 1.54) is 23.5 Å². The van der Waals surface area contributed by atoms with Crippen molar-refractivity contribution >= 4 is 27.5 Å². The van der Waals surface area contributed by atoms with E-state index >= 15 is 0 Å². The molecule has 1 aliphatic rings. The molecule has 152 valence electrons. The summed E-state index contributed by atoms with van der Waals surface area (Å²) < 4.78 is 18.9. The Hall–Kier alpha value is -2.94. The summed E-state index contributed by atoms with van der Waals surface area (Å²) in [6.07, 6.45) is 1.73. The van der Waals surface area contributed by atoms with Crippen molar-refractivity contribution < 1.29 is 9.13 Å². The average molecular weight is 422 g/mol. The number of halogens is 1. The van der Waals surface area contributed by atoms with Gasteiger partial charge in [-0.2, -0.15) is 0 Å². The molecule has 4 heterocycles. The minimum absolute atomic E-state index is 0.269. The van der Waals surface area contributed by atoms with Gasteiger partial charge in [0, 0.05) is 35.6 Å². The van der Waals surface area contributed by atoms with Gasteiger partial charge in [0.15, 0.2) is 0 Å². The molecule has 6 nitrogen and oxygen atoms in total. The summed E-state index contributed by atoms with van der Waals surface area (Å²) >= 11 is 1.54. The van der Waals surface area contributed by atoms with Crippen molar-refractivity contribution in [2.75, 3.05) is 31.2 Å². The quantitative estimate of drug-likeness (QED) is 0.540. The van der Waals surface area contributed by atoms with E-state index in [1.54, 1.807) is 18.3 Å². The van der Waals surface area contributed by atoms with Crippen LogP contribution in [0.25, 0.3) is 21.3 Å². The van der Waals surface area contributed by atoms with Crippen molar-refractivity contribution in [3.8, 4) is 11.1 Å². The first kappa shape index (κ1) is 19.0. The summed E-state index contributed by atoms with van der Waals surface area (Å²) in [6, 6.07) is 11.6. The lowest BCUT2D eigenvalue weighted by Crippen LogP contribution is -2.37. The first-order chi connectivity index (χ1) is 14.7. The summed E-state index contributed by atoms with van der Waals surface area (Å²) in [4.78, 5) is 17.1. The number of aromatic nitrogens is 3. The van der Waals surface area contributed by atoms with Crippen LogP contribution in [-0.4, -0.2) is 41.3 Å². The van der Waals surface area contributed by atoms with Crippen molar-refractivity contribution in [2.24, 2.45) is 5.73 Å². The van der Waals surface area contributed by atoms with Gasteiger partial charge in [0.05, 0.1) is 30.6 Å². The van der Waals surface area contributed by atoms with E-state index in [0.29, 0.717) is 19.2 Å². The van der Waals surface area contributed by atoms with E-state index in [1.807, 2.05) is 23.6 Å². The molecular formula is C22H20FN5OS. The molecule has 1 atom stereocenters. The third-order valence-corrected chi connectivity index (χ3v) is 6.07. The van der Waals surface area contributed by atoms with E-state index in [-0.39, 0.29) is 5.82 Å². The van der Waals surface area contributed by atoms with E-state index in [9.17, 15) is 4.39 Å². The summed E-state index contributed by atoms with van der Waals surface area (Å²) in [5.41, 5.74) is 9.97. The Morgan fingerprint density at radius 1 is 1.07 bits per heavy atom. The van der Waals surface area contributed by atoms with Crippen LogP contribution in [0.4, 0.5) is 10.3 Å². The van der Waals surface area contributed by atoms with E-state index in [0.717, 1.165) is 45.8 Å². The number of ether oxygens (including phenoxy) is 1. The SMILES string of the molecule is NC(c1ccccn1)c1nc(N2CCOCC2)nc2scc(-c3ccc(F)cc3)c12. The molecule has 0 bridgehead atoms. The number of hydrogen-bond donors (Lipinski definition) is 1. The van der Waals surface area contributed by atoms with Crippen molar-refractivity contribution in [1.29, 1.82) is 0 Å². The molecule has 5 rings (SSSR count). The second-order valence-corrected chi connectivity index (χ2v) is 7.94. The van der Waals surface area contributed by atoms with Crippen LogP contribution in [0.1, 0.15) is 17.4 Å². The molecule has 0 saturated carbocycles. The highest BCUT2D eigenvalue weighted by molar-refractivity contribution is 7.17. The molecule has 0 amide bonds. The van der Waals surface area contributed by atoms with Gasteiger partial charge in [-0.05, 0) is 29.8 Å². The zero-order chi connectivity index (χ0) is 20.5. The van der Waals surface area contributed by atoms with Gasteiger partial charge in [0.25, 0.3) is 0 Å². The number of morpholine rings is 1. The van der Waals surface area contributed by atoms with Gasteiger partial charge in [0.2, 0.25) is 5.95 Å². The molecule has 0 spiro atoms. The summed E-state index contributed by atoms with van der Waals surface area (Å²) in [6.45, 7) is 2.77. The van der Waals surface area contributed by atoms with Crippen LogP contribution in [0.15, 0.2) is 54.0 Å². The van der Waals surface area contributed by atoms with Crippen molar-refractivity contribution in [3.63, 3.8) is 0 Å². The minimum atomic E-state index is -0.509. The van der Waals surface area contributed by atoms with Gasteiger partial charge in [-0.3, -0.25) is 4.98 Å². The highest BCUT2D eigenvalue weighted by atomic mass is 32.1. The molecule has 1 aromatic carbocycles. The Morgan fingerprint density at radius 3 is 2.60 bits per heavy atom. The van der Waals surface area contributed by atoms with Gasteiger partial charge in [-0.15, -0.1) is 11.3 Å². The number of nitrogens with two attached hydrogens (primary N) is 1. The minimum Gasteiger partial charge on any atom is -0.378 e. The zero-order valence-corrected chi connectivity index (χ0v) is 17.0. The van der Waals surface area contributed by atoms with E-state index < -0.39 is 6.04 Å². The number of pyridine rings is 1. The van der Waals surface area contributed by atoms with E-state index in [4.69, 9.17) is 20.4 Å². The Kier molecular flexibility index (Phi) is 5.12. The molecule has 1 aliphatic heterocycles. The van der Waals surface area contributed by atoms with Crippen molar-refractivity contribution in [2.45, 2.75) is 6.04 Å². The predicted octanol–water partition coefficient (Wildman–Crippen LogP) is 3.78. The third kappa shape index (κ3) is 3.54. The topological polar surface area (TPSA) is 77.2 Å². The van der Waals surface area contributed by atoms with Gasteiger partial charge in [-0.1, -0.05) is 18.2 Å². The number of fused-ring (bicyclic) bond motifs is 1. The fourth-order valence-corrected chi connectivity index (χ4v) is 4.58. The zero-order valence-electron chi connectivity index (χ0n) is 16.2. The maximum Gasteiger partial charge on any atom is 0.227 e. The highest BCUT2D eigenvalue weighted by Gasteiger charge is 2.24. The van der Waals surface area contributed by atoms with Crippen LogP contribution in [0, 0.1) is 5.82 Å². The van der Waals surface area contributed by atoms with Crippen LogP contribution in [0.2, 0.25) is 0 Å².